The third-order valence-electron chi connectivity index (χ3n) is 12.6. The summed E-state index contributed by atoms with van der Waals surface area (Å²) in [5.74, 6) is -7.77. The number of benzene rings is 1. The molecule has 0 unspecified atom stereocenters. The van der Waals surface area contributed by atoms with E-state index in [0.29, 0.717) is 96.8 Å². The second-order valence-electron chi connectivity index (χ2n) is 19.4. The van der Waals surface area contributed by atoms with Crippen LogP contribution in [0.3, 0.4) is 0 Å². The molecule has 25 heteroatoms. The molecule has 82 heavy (non-hydrogen) atoms. The van der Waals surface area contributed by atoms with Crippen LogP contribution in [0.1, 0.15) is 166 Å². The van der Waals surface area contributed by atoms with E-state index >= 15 is 0 Å². The van der Waals surface area contributed by atoms with E-state index in [0.717, 1.165) is 38.5 Å². The van der Waals surface area contributed by atoms with Crippen LogP contribution in [0.25, 0.3) is 0 Å². The molecule has 0 saturated carbocycles. The van der Waals surface area contributed by atoms with Crippen LogP contribution in [0.2, 0.25) is 0 Å². The van der Waals surface area contributed by atoms with Crippen molar-refractivity contribution in [2.75, 3.05) is 79.2 Å². The quantitative estimate of drug-likeness (QED) is 0.0407. The van der Waals surface area contributed by atoms with Crippen LogP contribution in [-0.2, 0) is 66.9 Å². The molecule has 25 nitrogen and oxygen atoms in total. The van der Waals surface area contributed by atoms with Gasteiger partial charge in [-0.15, -0.1) is 0 Å². The number of rotatable bonds is 52. The summed E-state index contributed by atoms with van der Waals surface area (Å²) in [5, 5.41) is 56.1. The summed E-state index contributed by atoms with van der Waals surface area (Å²) in [6, 6.07) is 3.94. The van der Waals surface area contributed by atoms with E-state index in [9.17, 15) is 68.1 Å². The molecule has 0 aliphatic carbocycles. The molecule has 0 aliphatic heterocycles. The second kappa shape index (κ2) is 49.2. The van der Waals surface area contributed by atoms with Crippen LogP contribution in [0.4, 0.5) is 0 Å². The predicted octanol–water partition coefficient (Wildman–Crippen LogP) is 4.46. The zero-order valence-electron chi connectivity index (χ0n) is 48.2. The van der Waals surface area contributed by atoms with E-state index in [1.165, 1.54) is 19.1 Å². The summed E-state index contributed by atoms with van der Waals surface area (Å²) in [7, 11) is 0. The fourth-order valence-corrected chi connectivity index (χ4v) is 7.86. The van der Waals surface area contributed by atoms with Crippen molar-refractivity contribution in [2.45, 2.75) is 168 Å². The number of aromatic carboxylic acids is 1. The summed E-state index contributed by atoms with van der Waals surface area (Å²) in [6.07, 6.45) is 9.24. The molecule has 0 aliphatic rings. The van der Waals surface area contributed by atoms with Gasteiger partial charge < -0.3 is 70.5 Å². The van der Waals surface area contributed by atoms with Gasteiger partial charge in [-0.05, 0) is 89.0 Å². The summed E-state index contributed by atoms with van der Waals surface area (Å²) in [6.45, 7) is 8.21. The molecule has 0 bridgehead atoms. The molecular formula is C57H92N4O21. The number of aliphatic hydroxyl groups is 1. The van der Waals surface area contributed by atoms with Crippen molar-refractivity contribution in [3.8, 4) is 5.75 Å². The van der Waals surface area contributed by atoms with Crippen molar-refractivity contribution in [1.82, 2.24) is 21.3 Å². The SMILES string of the molecule is CCOCCOCCCC(=O)CC[C@H](NC(=O)CCCCCCCCCOc1ccc(C(=O)O)cc1)C(=O)O.CC[C@@H](CCCCNC(=O)CC[C@H](NC(=O)CC[C@H](CC(=O)COCCOCCNC(C)=O)C(=O)O)C(=O)O)C(=O)CO. The van der Waals surface area contributed by atoms with Crippen LogP contribution < -0.4 is 26.0 Å². The van der Waals surface area contributed by atoms with Gasteiger partial charge in [0.2, 0.25) is 23.6 Å². The van der Waals surface area contributed by atoms with Gasteiger partial charge in [0.05, 0.1) is 51.1 Å². The van der Waals surface area contributed by atoms with Crippen molar-refractivity contribution >= 4 is 64.9 Å². The Morgan fingerprint density at radius 3 is 1.65 bits per heavy atom. The molecule has 4 atom stereocenters. The highest BCUT2D eigenvalue weighted by Crippen LogP contribution is 2.17. The van der Waals surface area contributed by atoms with Gasteiger partial charge in [0.1, 0.15) is 36.8 Å². The number of carbonyl (C=O) groups is 11. The molecule has 466 valence electrons. The van der Waals surface area contributed by atoms with Gasteiger partial charge in [-0.3, -0.25) is 38.4 Å². The second-order valence-corrected chi connectivity index (χ2v) is 19.4. The maximum Gasteiger partial charge on any atom is 0.335 e. The van der Waals surface area contributed by atoms with E-state index in [1.807, 2.05) is 13.8 Å². The number of hydrogen-bond donors (Lipinski definition) is 9. The number of carbonyl (C=O) groups excluding carboxylic acids is 7. The highest BCUT2D eigenvalue weighted by molar-refractivity contribution is 5.88. The molecule has 1 aromatic rings. The summed E-state index contributed by atoms with van der Waals surface area (Å²) in [4.78, 5) is 128. The number of ether oxygens (including phenoxy) is 5. The number of carboxylic acids is 4. The number of unbranched alkanes of at least 4 members (excludes halogenated alkanes) is 7. The Morgan fingerprint density at radius 2 is 1.06 bits per heavy atom. The molecule has 0 heterocycles. The minimum Gasteiger partial charge on any atom is -0.494 e. The topological polar surface area (TPSA) is 383 Å². The van der Waals surface area contributed by atoms with Crippen LogP contribution >= 0.6 is 0 Å². The Hall–Kier alpha value is -6.41. The maximum absolute atomic E-state index is 12.3. The largest absolute Gasteiger partial charge is 0.494 e. The standard InChI is InChI=1S/C29H45NO9.C28H47N3O12/c1-2-37-21-22-38-19-10-11-24(31)15-18-26(29(35)36)30-27(32)12-8-6-4-3-5-7-9-20-39-25-16-13-23(14-17-25)28(33)34;1-3-20(24(35)17-32)6-4-5-11-30-25(36)10-8-23(28(40)41)31-26(37)9-7-21(27(38)39)16-22(34)18-43-15-14-42-13-12-29-19(2)33/h13-14,16-17,26H,2-12,15,18-22H2,1H3,(H,30,32)(H,33,34)(H,35,36);20-21,23,32H,3-18H2,1-2H3,(H,29,33)(H,30,36)(H,31,37)(H,38,39)(H,40,41)/t26-;20-,21+,23-/m00/s1. The first-order valence-electron chi connectivity index (χ1n) is 28.5. The predicted molar refractivity (Wildman–Crippen MR) is 298 cm³/mol. The molecule has 0 radical (unpaired) electrons. The Balaban J connectivity index is 0.00000161. The fourth-order valence-electron chi connectivity index (χ4n) is 7.86. The van der Waals surface area contributed by atoms with Gasteiger partial charge in [-0.2, -0.15) is 0 Å². The Morgan fingerprint density at radius 1 is 0.488 bits per heavy atom. The van der Waals surface area contributed by atoms with E-state index < -0.39 is 66.1 Å². The minimum absolute atomic E-state index is 0.0372. The first-order chi connectivity index (χ1) is 39.2. The number of Topliss-reactive ketones (excluding diaryl/α,β-unsaturated/α-hetero) is 3. The zero-order valence-corrected chi connectivity index (χ0v) is 48.2. The van der Waals surface area contributed by atoms with Crippen molar-refractivity contribution in [1.29, 1.82) is 0 Å². The van der Waals surface area contributed by atoms with Gasteiger partial charge in [-0.1, -0.05) is 45.4 Å². The van der Waals surface area contributed by atoms with Gasteiger partial charge in [0.25, 0.3) is 0 Å². The third-order valence-corrected chi connectivity index (χ3v) is 12.6. The Bertz CT molecular complexity index is 2040. The van der Waals surface area contributed by atoms with E-state index in [-0.39, 0.29) is 113 Å². The monoisotopic (exact) mass is 1170 g/mol. The number of aliphatic hydroxyl groups excluding tert-OH is 1. The fraction of sp³-hybridized carbons (Fsp3) is 0.702. The zero-order chi connectivity index (χ0) is 61.3. The maximum atomic E-state index is 12.3. The summed E-state index contributed by atoms with van der Waals surface area (Å²) >= 11 is 0. The molecule has 0 spiro atoms. The average molecular weight is 1170 g/mol. The first-order valence-corrected chi connectivity index (χ1v) is 28.5. The summed E-state index contributed by atoms with van der Waals surface area (Å²) in [5.41, 5.74) is 0.232. The number of ketones is 3. The van der Waals surface area contributed by atoms with Crippen LogP contribution in [0.15, 0.2) is 24.3 Å². The highest BCUT2D eigenvalue weighted by Gasteiger charge is 2.26. The molecule has 0 saturated heterocycles. The molecule has 0 fully saturated rings. The van der Waals surface area contributed by atoms with Gasteiger partial charge in [0, 0.05) is 77.7 Å². The smallest absolute Gasteiger partial charge is 0.335 e. The van der Waals surface area contributed by atoms with Crippen LogP contribution in [0.5, 0.6) is 5.75 Å². The first kappa shape index (κ1) is 75.6. The number of aliphatic carboxylic acids is 3. The minimum atomic E-state index is -1.35. The Labute approximate surface area is 481 Å². The number of nitrogens with one attached hydrogen (secondary N) is 4. The van der Waals surface area contributed by atoms with E-state index in [4.69, 9.17) is 33.9 Å². The van der Waals surface area contributed by atoms with Gasteiger partial charge in [-0.25, -0.2) is 14.4 Å². The normalized spacial score (nSPS) is 12.3. The van der Waals surface area contributed by atoms with Gasteiger partial charge >= 0.3 is 23.9 Å². The molecule has 1 rings (SSSR count). The number of carboxylic acid groups (broad SMARTS) is 4. The lowest BCUT2D eigenvalue weighted by molar-refractivity contribution is -0.145. The van der Waals surface area contributed by atoms with Gasteiger partial charge in [0.15, 0.2) is 11.6 Å². The average Bonchev–Trinajstić information content (AvgIpc) is 3.45. The summed E-state index contributed by atoms with van der Waals surface area (Å²) < 4.78 is 26.5. The molecule has 1 aromatic carbocycles. The lowest BCUT2D eigenvalue weighted by Crippen LogP contribution is -2.42. The molecule has 9 N–H and O–H groups in total. The van der Waals surface area contributed by atoms with Crippen molar-refractivity contribution in [2.24, 2.45) is 11.8 Å². The van der Waals surface area contributed by atoms with Crippen molar-refractivity contribution < 1.29 is 102 Å². The Kier molecular flexibility index (Phi) is 45.4. The number of amides is 4. The molecule has 0 aromatic heterocycles. The third kappa shape index (κ3) is 42.4. The van der Waals surface area contributed by atoms with Crippen molar-refractivity contribution in [3.63, 3.8) is 0 Å². The highest BCUT2D eigenvalue weighted by atomic mass is 16.5. The van der Waals surface area contributed by atoms with Crippen molar-refractivity contribution in [3.05, 3.63) is 29.8 Å². The van der Waals surface area contributed by atoms with E-state index in [2.05, 4.69) is 21.3 Å². The van der Waals surface area contributed by atoms with Crippen LogP contribution in [-0.4, -0.2) is 182 Å². The number of hydrogen-bond acceptors (Lipinski definition) is 17. The lowest BCUT2D eigenvalue weighted by Gasteiger charge is -2.16. The molecule has 4 amide bonds. The van der Waals surface area contributed by atoms with E-state index in [1.54, 1.807) is 12.1 Å². The lowest BCUT2D eigenvalue weighted by atomic mass is 9.95. The molecular weight excluding hydrogens is 1080 g/mol. The van der Waals surface area contributed by atoms with Crippen LogP contribution in [0, 0.1) is 11.8 Å².